The molecule has 1 amide bonds. The van der Waals surface area contributed by atoms with Gasteiger partial charge in [0.2, 0.25) is 5.91 Å². The number of ether oxygens (including phenoxy) is 1. The predicted octanol–water partition coefficient (Wildman–Crippen LogP) is 2.80. The minimum atomic E-state index is -0.623. The number of hydrogen-bond donors (Lipinski definition) is 2. The molecule has 0 heterocycles. The Morgan fingerprint density at radius 3 is 2.72 bits per heavy atom. The van der Waals surface area contributed by atoms with Crippen LogP contribution < -0.4 is 10.1 Å². The van der Waals surface area contributed by atoms with Crippen molar-refractivity contribution >= 4 is 27.5 Å². The molecule has 4 nitrogen and oxygen atoms in total. The summed E-state index contributed by atoms with van der Waals surface area (Å²) < 4.78 is 5.96. The molecule has 0 aromatic heterocycles. The van der Waals surface area contributed by atoms with Gasteiger partial charge in [0.25, 0.3) is 0 Å². The van der Waals surface area contributed by atoms with Crippen LogP contribution >= 0.6 is 15.9 Å². The van der Waals surface area contributed by atoms with Crippen molar-refractivity contribution in [2.75, 3.05) is 12.4 Å². The first-order valence-electron chi connectivity index (χ1n) is 5.75. The summed E-state index contributed by atoms with van der Waals surface area (Å²) in [4.78, 5) is 11.7. The van der Waals surface area contributed by atoms with Crippen LogP contribution in [-0.2, 0) is 4.79 Å². The van der Waals surface area contributed by atoms with Gasteiger partial charge < -0.3 is 15.2 Å². The Hall–Kier alpha value is -1.07. The molecule has 18 heavy (non-hydrogen) atoms. The molecule has 1 rings (SSSR count). The minimum absolute atomic E-state index is 0.0650. The molecule has 0 saturated carbocycles. The maximum atomic E-state index is 11.7. The lowest BCUT2D eigenvalue weighted by molar-refractivity contribution is -0.118. The van der Waals surface area contributed by atoms with E-state index in [9.17, 15) is 9.90 Å². The summed E-state index contributed by atoms with van der Waals surface area (Å²) in [6.07, 6.45) is -0.530. The van der Waals surface area contributed by atoms with Gasteiger partial charge in [-0.05, 0) is 34.0 Å². The number of rotatable bonds is 5. The summed E-state index contributed by atoms with van der Waals surface area (Å²) >= 11 is 3.34. The van der Waals surface area contributed by atoms with Crippen molar-refractivity contribution in [1.29, 1.82) is 0 Å². The van der Waals surface area contributed by atoms with E-state index in [2.05, 4.69) is 21.2 Å². The van der Waals surface area contributed by atoms with Crippen LogP contribution in [-0.4, -0.2) is 24.2 Å². The number of hydrogen-bond acceptors (Lipinski definition) is 3. The number of nitrogens with one attached hydrogen (secondary N) is 1. The second kappa shape index (κ2) is 6.75. The molecule has 1 atom stereocenters. The maximum absolute atomic E-state index is 11.7. The third kappa shape index (κ3) is 4.31. The van der Waals surface area contributed by atoms with E-state index in [-0.39, 0.29) is 18.2 Å². The van der Waals surface area contributed by atoms with Gasteiger partial charge in [0.15, 0.2) is 0 Å². The molecule has 0 aliphatic carbocycles. The lowest BCUT2D eigenvalue weighted by atomic mass is 10.0. The van der Waals surface area contributed by atoms with Crippen LogP contribution in [0, 0.1) is 5.92 Å². The first kappa shape index (κ1) is 15.0. The number of halogens is 1. The van der Waals surface area contributed by atoms with Crippen LogP contribution in [0.2, 0.25) is 0 Å². The van der Waals surface area contributed by atoms with E-state index in [4.69, 9.17) is 4.74 Å². The Kier molecular flexibility index (Phi) is 5.62. The van der Waals surface area contributed by atoms with Gasteiger partial charge in [-0.2, -0.15) is 0 Å². The summed E-state index contributed by atoms with van der Waals surface area (Å²) in [5.41, 5.74) is 0.649. The normalized spacial score (nSPS) is 12.3. The van der Waals surface area contributed by atoms with Gasteiger partial charge in [0.05, 0.1) is 24.1 Å². The largest absolute Gasteiger partial charge is 0.495 e. The molecule has 0 saturated heterocycles. The van der Waals surface area contributed by atoms with Gasteiger partial charge in [0.1, 0.15) is 5.75 Å². The van der Waals surface area contributed by atoms with Crippen molar-refractivity contribution in [3.63, 3.8) is 0 Å². The van der Waals surface area contributed by atoms with Crippen molar-refractivity contribution in [3.05, 3.63) is 22.7 Å². The van der Waals surface area contributed by atoms with E-state index in [1.165, 1.54) is 0 Å². The van der Waals surface area contributed by atoms with Gasteiger partial charge in [-0.25, -0.2) is 0 Å². The van der Waals surface area contributed by atoms with Gasteiger partial charge in [-0.15, -0.1) is 0 Å². The lowest BCUT2D eigenvalue weighted by Gasteiger charge is -2.14. The molecule has 0 fully saturated rings. The zero-order chi connectivity index (χ0) is 13.7. The molecule has 0 radical (unpaired) electrons. The number of carbonyl (C=O) groups excluding carboxylic acids is 1. The van der Waals surface area contributed by atoms with E-state index in [1.54, 1.807) is 25.3 Å². The van der Waals surface area contributed by atoms with Gasteiger partial charge in [0, 0.05) is 11.8 Å². The fraction of sp³-hybridized carbons (Fsp3) is 0.462. The Morgan fingerprint density at radius 1 is 1.50 bits per heavy atom. The van der Waals surface area contributed by atoms with Gasteiger partial charge >= 0.3 is 0 Å². The topological polar surface area (TPSA) is 58.6 Å². The first-order valence-corrected chi connectivity index (χ1v) is 6.54. The van der Waals surface area contributed by atoms with Gasteiger partial charge in [-0.1, -0.05) is 13.8 Å². The van der Waals surface area contributed by atoms with E-state index >= 15 is 0 Å². The van der Waals surface area contributed by atoms with Crippen molar-refractivity contribution < 1.29 is 14.6 Å². The van der Waals surface area contributed by atoms with Crippen molar-refractivity contribution in [3.8, 4) is 5.75 Å². The molecule has 2 N–H and O–H groups in total. The van der Waals surface area contributed by atoms with E-state index in [0.29, 0.717) is 11.4 Å². The number of aliphatic hydroxyl groups excluding tert-OH is 1. The number of benzene rings is 1. The molecule has 0 aliphatic heterocycles. The van der Waals surface area contributed by atoms with Crippen LogP contribution in [0.1, 0.15) is 20.3 Å². The average molecular weight is 316 g/mol. The van der Waals surface area contributed by atoms with E-state index in [0.717, 1.165) is 4.47 Å². The highest BCUT2D eigenvalue weighted by atomic mass is 79.9. The molecule has 0 spiro atoms. The highest BCUT2D eigenvalue weighted by molar-refractivity contribution is 9.10. The second-order valence-electron chi connectivity index (χ2n) is 4.41. The predicted molar refractivity (Wildman–Crippen MR) is 74.8 cm³/mol. The zero-order valence-electron chi connectivity index (χ0n) is 10.7. The monoisotopic (exact) mass is 315 g/mol. The number of aliphatic hydroxyl groups is 1. The Labute approximate surface area is 115 Å². The van der Waals surface area contributed by atoms with Crippen LogP contribution in [0.15, 0.2) is 22.7 Å². The van der Waals surface area contributed by atoms with Crippen molar-refractivity contribution in [2.24, 2.45) is 5.92 Å². The second-order valence-corrected chi connectivity index (χ2v) is 5.27. The minimum Gasteiger partial charge on any atom is -0.495 e. The van der Waals surface area contributed by atoms with Crippen molar-refractivity contribution in [1.82, 2.24) is 0 Å². The third-order valence-corrected chi connectivity index (χ3v) is 3.25. The summed E-state index contributed by atoms with van der Waals surface area (Å²) in [6, 6.07) is 5.29. The number of carbonyl (C=O) groups is 1. The summed E-state index contributed by atoms with van der Waals surface area (Å²) in [6.45, 7) is 3.75. The van der Waals surface area contributed by atoms with E-state index < -0.39 is 6.10 Å². The molecule has 0 aliphatic rings. The zero-order valence-corrected chi connectivity index (χ0v) is 12.3. The SMILES string of the molecule is COc1cc(NC(=O)CC(O)C(C)C)ccc1Br. The quantitative estimate of drug-likeness (QED) is 0.878. The van der Waals surface area contributed by atoms with E-state index in [1.807, 2.05) is 13.8 Å². The summed E-state index contributed by atoms with van der Waals surface area (Å²) in [5.74, 6) is 0.507. The standard InChI is InChI=1S/C13H18BrNO3/c1-8(2)11(16)7-13(17)15-9-4-5-10(14)12(6-9)18-3/h4-6,8,11,16H,7H2,1-3H3,(H,15,17). The third-order valence-electron chi connectivity index (χ3n) is 2.60. The summed E-state index contributed by atoms with van der Waals surface area (Å²) in [5, 5.41) is 12.4. The maximum Gasteiger partial charge on any atom is 0.226 e. The first-order chi connectivity index (χ1) is 8.43. The van der Waals surface area contributed by atoms with Crippen LogP contribution in [0.3, 0.4) is 0 Å². The number of methoxy groups -OCH3 is 1. The fourth-order valence-electron chi connectivity index (χ4n) is 1.38. The molecule has 1 unspecified atom stereocenters. The molecule has 5 heteroatoms. The Bertz CT molecular complexity index is 421. The molecular weight excluding hydrogens is 298 g/mol. The van der Waals surface area contributed by atoms with Crippen LogP contribution in [0.4, 0.5) is 5.69 Å². The molecule has 100 valence electrons. The van der Waals surface area contributed by atoms with Crippen molar-refractivity contribution in [2.45, 2.75) is 26.4 Å². The number of anilines is 1. The molecule has 1 aromatic rings. The highest BCUT2D eigenvalue weighted by Gasteiger charge is 2.14. The number of amides is 1. The molecule has 1 aromatic carbocycles. The molecule has 0 bridgehead atoms. The van der Waals surface area contributed by atoms with Gasteiger partial charge in [-0.3, -0.25) is 4.79 Å². The fourth-order valence-corrected chi connectivity index (χ4v) is 1.78. The summed E-state index contributed by atoms with van der Waals surface area (Å²) in [7, 11) is 1.56. The lowest BCUT2D eigenvalue weighted by Crippen LogP contribution is -2.23. The smallest absolute Gasteiger partial charge is 0.226 e. The average Bonchev–Trinajstić information content (AvgIpc) is 2.31. The highest BCUT2D eigenvalue weighted by Crippen LogP contribution is 2.27. The Morgan fingerprint density at radius 2 is 2.17 bits per heavy atom. The Balaban J connectivity index is 2.65. The van der Waals surface area contributed by atoms with Crippen LogP contribution in [0.25, 0.3) is 0 Å². The molecular formula is C13H18BrNO3. The van der Waals surface area contributed by atoms with Crippen LogP contribution in [0.5, 0.6) is 5.75 Å².